The summed E-state index contributed by atoms with van der Waals surface area (Å²) in [5.74, 6) is 0. The van der Waals surface area contributed by atoms with Crippen LogP contribution >= 0.6 is 0 Å². The normalized spacial score (nSPS) is 12.2. The molecule has 1 aromatic rings. The van der Waals surface area contributed by atoms with Crippen LogP contribution in [0, 0.1) is 0 Å². The number of hydrogen-bond acceptors (Lipinski definition) is 1. The van der Waals surface area contributed by atoms with Gasteiger partial charge in [0.1, 0.15) is 0 Å². The third-order valence-electron chi connectivity index (χ3n) is 3.66. The molecular formula is C21H32O. The molecule has 0 N–H and O–H groups in total. The standard InChI is InChI=1S/C21H32O/c1-3-5-8-14-20(13-6-4-2)15-11-12-18-22-19-21-16-9-7-10-17-21/h7,9-11,14-17H,3-6,8,12-13,18-19H2,1-2H3/b15-11+,20-14+. The zero-order valence-corrected chi connectivity index (χ0v) is 14.4. The SMILES string of the molecule is CCCC/C=C(/C=C/CCOCc1ccccc1)CCCC. The lowest BCUT2D eigenvalue weighted by Gasteiger charge is -2.03. The fourth-order valence-corrected chi connectivity index (χ4v) is 2.28. The first-order valence-electron chi connectivity index (χ1n) is 8.84. The van der Waals surface area contributed by atoms with E-state index in [1.807, 2.05) is 6.07 Å². The van der Waals surface area contributed by atoms with Crippen LogP contribution in [0.2, 0.25) is 0 Å². The molecule has 0 aliphatic heterocycles. The van der Waals surface area contributed by atoms with Crippen LogP contribution in [0.3, 0.4) is 0 Å². The van der Waals surface area contributed by atoms with Crippen LogP contribution < -0.4 is 0 Å². The summed E-state index contributed by atoms with van der Waals surface area (Å²) in [6.45, 7) is 6.01. The van der Waals surface area contributed by atoms with Gasteiger partial charge in [0.25, 0.3) is 0 Å². The zero-order valence-electron chi connectivity index (χ0n) is 14.4. The van der Waals surface area contributed by atoms with Gasteiger partial charge in [-0.1, -0.05) is 87.2 Å². The second-order valence-corrected chi connectivity index (χ2v) is 5.75. The van der Waals surface area contributed by atoms with E-state index < -0.39 is 0 Å². The maximum absolute atomic E-state index is 5.71. The molecule has 1 nitrogen and oxygen atoms in total. The molecule has 0 radical (unpaired) electrons. The molecule has 122 valence electrons. The molecule has 1 rings (SSSR count). The van der Waals surface area contributed by atoms with Gasteiger partial charge in [0, 0.05) is 0 Å². The maximum atomic E-state index is 5.71. The summed E-state index contributed by atoms with van der Waals surface area (Å²) in [6.07, 6.45) is 15.5. The molecule has 0 aromatic heterocycles. The summed E-state index contributed by atoms with van der Waals surface area (Å²) >= 11 is 0. The van der Waals surface area contributed by atoms with Gasteiger partial charge in [-0.3, -0.25) is 0 Å². The first kappa shape index (κ1) is 18.7. The predicted octanol–water partition coefficient (Wildman–Crippen LogP) is 6.46. The Bertz CT molecular complexity index is 417. The highest BCUT2D eigenvalue weighted by Crippen LogP contribution is 2.12. The zero-order chi connectivity index (χ0) is 15.9. The molecule has 0 atom stereocenters. The smallest absolute Gasteiger partial charge is 0.0717 e. The summed E-state index contributed by atoms with van der Waals surface area (Å²) in [6, 6.07) is 10.4. The van der Waals surface area contributed by atoms with E-state index in [1.54, 1.807) is 0 Å². The van der Waals surface area contributed by atoms with E-state index in [4.69, 9.17) is 4.74 Å². The molecule has 0 aliphatic carbocycles. The first-order valence-corrected chi connectivity index (χ1v) is 8.84. The predicted molar refractivity (Wildman–Crippen MR) is 97.0 cm³/mol. The fraction of sp³-hybridized carbons (Fsp3) is 0.524. The Morgan fingerprint density at radius 1 is 1.00 bits per heavy atom. The van der Waals surface area contributed by atoms with E-state index in [9.17, 15) is 0 Å². The highest BCUT2D eigenvalue weighted by atomic mass is 16.5. The van der Waals surface area contributed by atoms with Crippen LogP contribution in [0.5, 0.6) is 0 Å². The van der Waals surface area contributed by atoms with E-state index in [-0.39, 0.29) is 0 Å². The Morgan fingerprint density at radius 3 is 2.50 bits per heavy atom. The van der Waals surface area contributed by atoms with Gasteiger partial charge in [0.05, 0.1) is 13.2 Å². The molecular weight excluding hydrogens is 268 g/mol. The van der Waals surface area contributed by atoms with Crippen molar-refractivity contribution in [3.05, 3.63) is 59.7 Å². The summed E-state index contributed by atoms with van der Waals surface area (Å²) in [5.41, 5.74) is 2.74. The van der Waals surface area contributed by atoms with Gasteiger partial charge in [0.2, 0.25) is 0 Å². The molecule has 0 saturated heterocycles. The van der Waals surface area contributed by atoms with Gasteiger partial charge >= 0.3 is 0 Å². The van der Waals surface area contributed by atoms with Gasteiger partial charge in [-0.2, -0.15) is 0 Å². The lowest BCUT2D eigenvalue weighted by molar-refractivity contribution is 0.125. The molecule has 0 heterocycles. The lowest BCUT2D eigenvalue weighted by Crippen LogP contribution is -1.94. The summed E-state index contributed by atoms with van der Waals surface area (Å²) in [4.78, 5) is 0. The van der Waals surface area contributed by atoms with Crippen molar-refractivity contribution in [2.24, 2.45) is 0 Å². The Morgan fingerprint density at radius 2 is 1.77 bits per heavy atom. The minimum atomic E-state index is 0.712. The average molecular weight is 300 g/mol. The van der Waals surface area contributed by atoms with Gasteiger partial charge in [-0.05, 0) is 31.2 Å². The number of rotatable bonds is 12. The van der Waals surface area contributed by atoms with Crippen LogP contribution in [0.25, 0.3) is 0 Å². The van der Waals surface area contributed by atoms with Crippen molar-refractivity contribution >= 4 is 0 Å². The molecule has 0 unspecified atom stereocenters. The molecule has 0 fully saturated rings. The van der Waals surface area contributed by atoms with Crippen molar-refractivity contribution in [2.45, 2.75) is 65.4 Å². The van der Waals surface area contributed by atoms with Crippen molar-refractivity contribution < 1.29 is 4.74 Å². The summed E-state index contributed by atoms with van der Waals surface area (Å²) in [5, 5.41) is 0. The molecule has 0 saturated carbocycles. The molecule has 0 bridgehead atoms. The highest BCUT2D eigenvalue weighted by Gasteiger charge is 1.94. The van der Waals surface area contributed by atoms with E-state index in [2.05, 4.69) is 56.3 Å². The van der Waals surface area contributed by atoms with Gasteiger partial charge in [-0.25, -0.2) is 0 Å². The van der Waals surface area contributed by atoms with Crippen molar-refractivity contribution in [3.8, 4) is 0 Å². The second-order valence-electron chi connectivity index (χ2n) is 5.75. The first-order chi connectivity index (χ1) is 10.9. The Balaban J connectivity index is 2.23. The van der Waals surface area contributed by atoms with Crippen LogP contribution in [0.15, 0.2) is 54.1 Å². The topological polar surface area (TPSA) is 9.23 Å². The van der Waals surface area contributed by atoms with Crippen LogP contribution in [0.1, 0.15) is 64.4 Å². The monoisotopic (exact) mass is 300 g/mol. The van der Waals surface area contributed by atoms with Gasteiger partial charge in [-0.15, -0.1) is 0 Å². The van der Waals surface area contributed by atoms with E-state index in [0.29, 0.717) is 6.61 Å². The van der Waals surface area contributed by atoms with E-state index in [1.165, 1.54) is 49.7 Å². The van der Waals surface area contributed by atoms with Gasteiger partial charge in [0.15, 0.2) is 0 Å². The number of allylic oxidation sites excluding steroid dienone is 3. The fourth-order valence-electron chi connectivity index (χ4n) is 2.28. The Hall–Kier alpha value is -1.34. The number of hydrogen-bond donors (Lipinski definition) is 0. The quantitative estimate of drug-likeness (QED) is 0.318. The summed E-state index contributed by atoms with van der Waals surface area (Å²) < 4.78 is 5.71. The van der Waals surface area contributed by atoms with Gasteiger partial charge < -0.3 is 4.74 Å². The maximum Gasteiger partial charge on any atom is 0.0717 e. The highest BCUT2D eigenvalue weighted by molar-refractivity contribution is 5.18. The molecule has 1 heteroatoms. The Kier molecular flexibility index (Phi) is 11.3. The number of ether oxygens (including phenoxy) is 1. The lowest BCUT2D eigenvalue weighted by atomic mass is 10.1. The van der Waals surface area contributed by atoms with Crippen molar-refractivity contribution in [1.29, 1.82) is 0 Å². The van der Waals surface area contributed by atoms with Crippen LogP contribution in [0.4, 0.5) is 0 Å². The van der Waals surface area contributed by atoms with Crippen molar-refractivity contribution in [1.82, 2.24) is 0 Å². The van der Waals surface area contributed by atoms with Crippen molar-refractivity contribution in [3.63, 3.8) is 0 Å². The molecule has 0 amide bonds. The third-order valence-corrected chi connectivity index (χ3v) is 3.66. The minimum absolute atomic E-state index is 0.712. The molecule has 0 aliphatic rings. The third kappa shape index (κ3) is 9.57. The minimum Gasteiger partial charge on any atom is -0.376 e. The number of unbranched alkanes of at least 4 members (excludes halogenated alkanes) is 3. The number of benzene rings is 1. The second kappa shape index (κ2) is 13.3. The van der Waals surface area contributed by atoms with Crippen molar-refractivity contribution in [2.75, 3.05) is 6.61 Å². The summed E-state index contributed by atoms with van der Waals surface area (Å²) in [7, 11) is 0. The van der Waals surface area contributed by atoms with E-state index in [0.717, 1.165) is 13.0 Å². The van der Waals surface area contributed by atoms with Crippen LogP contribution in [-0.2, 0) is 11.3 Å². The Labute approximate surface area is 137 Å². The van der Waals surface area contributed by atoms with Crippen LogP contribution in [-0.4, -0.2) is 6.61 Å². The average Bonchev–Trinajstić information content (AvgIpc) is 2.56. The molecule has 0 spiro atoms. The molecule has 22 heavy (non-hydrogen) atoms. The molecule has 1 aromatic carbocycles. The largest absolute Gasteiger partial charge is 0.376 e. The van der Waals surface area contributed by atoms with E-state index >= 15 is 0 Å².